The van der Waals surface area contributed by atoms with E-state index in [4.69, 9.17) is 4.74 Å². The van der Waals surface area contributed by atoms with Gasteiger partial charge in [0.05, 0.1) is 19.1 Å². The molecule has 2 aromatic rings. The van der Waals surface area contributed by atoms with Crippen molar-refractivity contribution in [2.45, 2.75) is 32.1 Å². The molecule has 0 amide bonds. The fraction of sp³-hybridized carbons (Fsp3) is 0.333. The maximum Gasteiger partial charge on any atom is 0.338 e. The first-order chi connectivity index (χ1) is 16.5. The molecule has 0 atom stereocenters. The Labute approximate surface area is 201 Å². The smallest absolute Gasteiger partial charge is 0.338 e. The second-order valence-corrected chi connectivity index (χ2v) is 10.2. The zero-order valence-electron chi connectivity index (χ0n) is 20.2. The molecule has 34 heavy (non-hydrogen) atoms. The lowest BCUT2D eigenvalue weighted by molar-refractivity contribution is -0.582. The van der Waals surface area contributed by atoms with Gasteiger partial charge in [0.25, 0.3) is 0 Å². The number of carbonyl (C=O) groups is 1. The molecule has 4 heteroatoms. The number of hydrogen-bond donors (Lipinski definition) is 0. The van der Waals surface area contributed by atoms with Crippen molar-refractivity contribution in [2.24, 2.45) is 0 Å². The fourth-order valence-corrected chi connectivity index (χ4v) is 5.65. The van der Waals surface area contributed by atoms with Crippen LogP contribution in [0.4, 0.5) is 5.69 Å². The molecule has 0 radical (unpaired) electrons. The van der Waals surface area contributed by atoms with Gasteiger partial charge in [-0.2, -0.15) is 0 Å². The van der Waals surface area contributed by atoms with E-state index in [0.29, 0.717) is 5.56 Å². The highest BCUT2D eigenvalue weighted by Gasteiger charge is 2.40. The van der Waals surface area contributed by atoms with E-state index in [0.717, 1.165) is 37.3 Å². The van der Waals surface area contributed by atoms with E-state index in [1.54, 1.807) is 0 Å². The minimum Gasteiger partial charge on any atom is -0.465 e. The molecule has 0 N–H and O–H groups in total. The Kier molecular flexibility index (Phi) is 4.87. The summed E-state index contributed by atoms with van der Waals surface area (Å²) in [5.41, 5.74) is 10.1. The van der Waals surface area contributed by atoms with Crippen molar-refractivity contribution in [3.05, 3.63) is 94.1 Å². The second-order valence-electron chi connectivity index (χ2n) is 10.2. The van der Waals surface area contributed by atoms with Gasteiger partial charge in [0.2, 0.25) is 0 Å². The first-order valence-electron chi connectivity index (χ1n) is 12.3. The second kappa shape index (κ2) is 7.83. The van der Waals surface area contributed by atoms with Crippen LogP contribution in [0, 0.1) is 0 Å². The zero-order chi connectivity index (χ0) is 23.4. The van der Waals surface area contributed by atoms with Gasteiger partial charge in [-0.05, 0) is 64.1 Å². The van der Waals surface area contributed by atoms with Crippen LogP contribution >= 0.6 is 0 Å². The summed E-state index contributed by atoms with van der Waals surface area (Å²) in [5.74, 6) is -0.301. The minimum absolute atomic E-state index is 0.157. The van der Waals surface area contributed by atoms with Crippen molar-refractivity contribution in [3.8, 4) is 0 Å². The first-order valence-corrected chi connectivity index (χ1v) is 12.3. The molecule has 0 aromatic heterocycles. The standard InChI is InChI=1S/C30H31N2O2/c1-30(2)26-18-20(31-14-6-15-31)10-12-24(26)28(22-8-4-5-9-23(22)29(33)34-3)25-13-11-21(19-27(25)30)32-16-7-17-32/h4-5,8-13,18-19H,6-7,14-17H2,1-3H3/q+1. The molecule has 2 heterocycles. The SMILES string of the molecule is COC(=O)c1ccccc1C1=C2C=CC(=[N+]3CCC3)C=C2C(C)(C)c2cc(N3CCC3)ccc21. The summed E-state index contributed by atoms with van der Waals surface area (Å²) in [6.07, 6.45) is 9.40. The summed E-state index contributed by atoms with van der Waals surface area (Å²) in [7, 11) is 1.45. The normalized spacial score (nSPS) is 20.2. The number of hydrogen-bond acceptors (Lipinski definition) is 3. The van der Waals surface area contributed by atoms with E-state index < -0.39 is 0 Å². The fourth-order valence-electron chi connectivity index (χ4n) is 5.65. The molecule has 0 bridgehead atoms. The van der Waals surface area contributed by atoms with Gasteiger partial charge < -0.3 is 9.64 Å². The molecule has 0 unspecified atom stereocenters. The lowest BCUT2D eigenvalue weighted by atomic mass is 9.64. The maximum atomic E-state index is 12.8. The van der Waals surface area contributed by atoms with Gasteiger partial charge in [0.15, 0.2) is 5.71 Å². The van der Waals surface area contributed by atoms with Gasteiger partial charge in [-0.15, -0.1) is 0 Å². The molecular formula is C30H31N2O2+. The topological polar surface area (TPSA) is 32.6 Å². The Morgan fingerprint density at radius 1 is 1.00 bits per heavy atom. The quantitative estimate of drug-likeness (QED) is 0.479. The highest BCUT2D eigenvalue weighted by molar-refractivity contribution is 6.08. The highest BCUT2D eigenvalue weighted by Crippen LogP contribution is 2.51. The van der Waals surface area contributed by atoms with Gasteiger partial charge in [-0.3, -0.25) is 0 Å². The number of carbonyl (C=O) groups excluding carboxylic acids is 1. The van der Waals surface area contributed by atoms with Crippen LogP contribution in [0.2, 0.25) is 0 Å². The summed E-state index contributed by atoms with van der Waals surface area (Å²) in [6.45, 7) is 9.17. The largest absolute Gasteiger partial charge is 0.465 e. The van der Waals surface area contributed by atoms with Crippen LogP contribution in [0.3, 0.4) is 0 Å². The average molecular weight is 452 g/mol. The molecule has 2 saturated heterocycles. The Balaban J connectivity index is 1.64. The van der Waals surface area contributed by atoms with Gasteiger partial charge in [-0.25, -0.2) is 9.37 Å². The third-order valence-electron chi connectivity index (χ3n) is 7.94. The number of benzene rings is 2. The molecule has 6 rings (SSSR count). The predicted molar refractivity (Wildman–Crippen MR) is 137 cm³/mol. The molecule has 0 spiro atoms. The molecule has 2 aromatic carbocycles. The third-order valence-corrected chi connectivity index (χ3v) is 7.94. The molecule has 2 aliphatic heterocycles. The van der Waals surface area contributed by atoms with E-state index >= 15 is 0 Å². The van der Waals surface area contributed by atoms with E-state index in [2.05, 4.69) is 65.8 Å². The van der Waals surface area contributed by atoms with Crippen LogP contribution in [0.15, 0.2) is 71.8 Å². The Hall–Kier alpha value is -3.40. The predicted octanol–water partition coefficient (Wildman–Crippen LogP) is 5.13. The molecule has 0 saturated carbocycles. The van der Waals surface area contributed by atoms with E-state index in [1.807, 2.05) is 18.2 Å². The number of rotatable bonds is 3. The average Bonchev–Trinajstić information content (AvgIpc) is 2.77. The van der Waals surface area contributed by atoms with Crippen LogP contribution in [0.5, 0.6) is 0 Å². The van der Waals surface area contributed by atoms with Crippen LogP contribution in [-0.4, -0.2) is 49.5 Å². The summed E-state index contributed by atoms with van der Waals surface area (Å²) in [6, 6.07) is 14.7. The van der Waals surface area contributed by atoms with Crippen molar-refractivity contribution in [1.82, 2.24) is 0 Å². The molecule has 4 aliphatic rings. The van der Waals surface area contributed by atoms with E-state index in [9.17, 15) is 4.79 Å². The number of esters is 1. The summed E-state index contributed by atoms with van der Waals surface area (Å²) in [4.78, 5) is 15.2. The van der Waals surface area contributed by atoms with Crippen molar-refractivity contribution >= 4 is 22.9 Å². The van der Waals surface area contributed by atoms with Crippen molar-refractivity contribution in [1.29, 1.82) is 0 Å². The number of methoxy groups -OCH3 is 1. The summed E-state index contributed by atoms with van der Waals surface area (Å²) < 4.78 is 7.61. The molecule has 2 aliphatic carbocycles. The van der Waals surface area contributed by atoms with Crippen molar-refractivity contribution in [3.63, 3.8) is 0 Å². The molecule has 2 fully saturated rings. The Morgan fingerprint density at radius 2 is 1.79 bits per heavy atom. The van der Waals surface area contributed by atoms with Gasteiger partial charge in [0.1, 0.15) is 13.1 Å². The van der Waals surface area contributed by atoms with Crippen LogP contribution in [0.1, 0.15) is 53.7 Å². The lowest BCUT2D eigenvalue weighted by Crippen LogP contribution is -2.38. The minimum atomic E-state index is -0.301. The Morgan fingerprint density at radius 3 is 2.47 bits per heavy atom. The number of ether oxygens (including phenoxy) is 1. The number of allylic oxidation sites excluding steroid dienone is 5. The monoisotopic (exact) mass is 451 g/mol. The Bertz CT molecular complexity index is 1330. The van der Waals surface area contributed by atoms with Gasteiger partial charge in [-0.1, -0.05) is 38.1 Å². The van der Waals surface area contributed by atoms with Crippen molar-refractivity contribution < 1.29 is 14.1 Å². The highest BCUT2D eigenvalue weighted by atomic mass is 16.5. The number of nitrogens with zero attached hydrogens (tertiary/aromatic N) is 2. The first kappa shape index (κ1) is 21.2. The maximum absolute atomic E-state index is 12.8. The summed E-state index contributed by atoms with van der Waals surface area (Å²) in [5, 5.41) is 0. The van der Waals surface area contributed by atoms with Crippen LogP contribution in [0.25, 0.3) is 5.57 Å². The summed E-state index contributed by atoms with van der Waals surface area (Å²) >= 11 is 0. The molecular weight excluding hydrogens is 420 g/mol. The van der Waals surface area contributed by atoms with E-state index in [-0.39, 0.29) is 11.4 Å². The molecule has 172 valence electrons. The third kappa shape index (κ3) is 3.12. The van der Waals surface area contributed by atoms with Crippen LogP contribution < -0.4 is 4.90 Å². The molecule has 4 nitrogen and oxygen atoms in total. The lowest BCUT2D eigenvalue weighted by Gasteiger charge is -2.41. The zero-order valence-corrected chi connectivity index (χ0v) is 20.2. The van der Waals surface area contributed by atoms with E-state index in [1.165, 1.54) is 53.6 Å². The number of fused-ring (bicyclic) bond motifs is 2. The number of anilines is 1. The van der Waals surface area contributed by atoms with Gasteiger partial charge >= 0.3 is 5.97 Å². The van der Waals surface area contributed by atoms with Crippen LogP contribution in [-0.2, 0) is 10.2 Å². The van der Waals surface area contributed by atoms with Gasteiger partial charge in [0, 0.05) is 36.3 Å². The van der Waals surface area contributed by atoms with Crippen molar-refractivity contribution in [2.75, 3.05) is 38.2 Å².